The number of nitrogen functional groups attached to an aromatic ring is 1. The van der Waals surface area contributed by atoms with Crippen molar-refractivity contribution >= 4 is 11.6 Å². The number of anilines is 1. The largest absolute Gasteiger partial charge is 0.399 e. The van der Waals surface area contributed by atoms with Crippen LogP contribution in [0.4, 0.5) is 10.1 Å². The van der Waals surface area contributed by atoms with Gasteiger partial charge in [-0.3, -0.25) is 4.79 Å². The van der Waals surface area contributed by atoms with E-state index >= 15 is 0 Å². The molecule has 1 fully saturated rings. The van der Waals surface area contributed by atoms with Crippen molar-refractivity contribution in [3.05, 3.63) is 65.5 Å². The highest BCUT2D eigenvalue weighted by atomic mass is 19.1. The van der Waals surface area contributed by atoms with Gasteiger partial charge in [-0.15, -0.1) is 0 Å². The summed E-state index contributed by atoms with van der Waals surface area (Å²) < 4.78 is 13.3. The zero-order valence-electron chi connectivity index (χ0n) is 11.6. The number of nitrogens with zero attached hydrogens (tertiary/aromatic N) is 1. The summed E-state index contributed by atoms with van der Waals surface area (Å²) in [5.41, 5.74) is 7.71. The first-order valence-electron chi connectivity index (χ1n) is 7.04. The van der Waals surface area contributed by atoms with E-state index in [2.05, 4.69) is 0 Å². The molecule has 3 rings (SSSR count). The number of hydrogen-bond donors (Lipinski definition) is 1. The van der Waals surface area contributed by atoms with Crippen molar-refractivity contribution in [2.75, 3.05) is 5.73 Å². The van der Waals surface area contributed by atoms with Crippen molar-refractivity contribution in [2.45, 2.75) is 25.4 Å². The maximum absolute atomic E-state index is 13.3. The number of carbonyl (C=O) groups is 1. The molecule has 1 saturated carbocycles. The summed E-state index contributed by atoms with van der Waals surface area (Å²) in [7, 11) is 0. The second-order valence-electron chi connectivity index (χ2n) is 5.42. The zero-order chi connectivity index (χ0) is 14.8. The number of benzene rings is 2. The highest BCUT2D eigenvalue weighted by molar-refractivity contribution is 5.94. The van der Waals surface area contributed by atoms with Gasteiger partial charge < -0.3 is 10.6 Å². The van der Waals surface area contributed by atoms with E-state index in [-0.39, 0.29) is 17.8 Å². The second kappa shape index (κ2) is 5.56. The van der Waals surface area contributed by atoms with Crippen molar-refractivity contribution in [2.24, 2.45) is 0 Å². The molecule has 2 N–H and O–H groups in total. The monoisotopic (exact) mass is 284 g/mol. The van der Waals surface area contributed by atoms with Crippen LogP contribution >= 0.6 is 0 Å². The van der Waals surface area contributed by atoms with E-state index in [9.17, 15) is 9.18 Å². The van der Waals surface area contributed by atoms with Gasteiger partial charge in [0.2, 0.25) is 0 Å². The predicted molar refractivity (Wildman–Crippen MR) is 80.1 cm³/mol. The Labute approximate surface area is 123 Å². The third kappa shape index (κ3) is 3.21. The fraction of sp³-hybridized carbons (Fsp3) is 0.235. The molecule has 0 bridgehead atoms. The molecule has 0 unspecified atom stereocenters. The van der Waals surface area contributed by atoms with Gasteiger partial charge in [-0.05, 0) is 54.8 Å². The van der Waals surface area contributed by atoms with Crippen molar-refractivity contribution in [3.63, 3.8) is 0 Å². The highest BCUT2D eigenvalue weighted by Gasteiger charge is 2.33. The highest BCUT2D eigenvalue weighted by Crippen LogP contribution is 2.30. The van der Waals surface area contributed by atoms with Gasteiger partial charge in [0.1, 0.15) is 5.82 Å². The van der Waals surface area contributed by atoms with E-state index in [1.54, 1.807) is 30.3 Å². The fourth-order valence-corrected chi connectivity index (χ4v) is 2.38. The number of nitrogens with two attached hydrogens (primary N) is 1. The second-order valence-corrected chi connectivity index (χ2v) is 5.42. The van der Waals surface area contributed by atoms with E-state index in [4.69, 9.17) is 5.73 Å². The number of rotatable bonds is 4. The van der Waals surface area contributed by atoms with Crippen LogP contribution in [0.25, 0.3) is 0 Å². The molecule has 0 saturated heterocycles. The smallest absolute Gasteiger partial charge is 0.254 e. The lowest BCUT2D eigenvalue weighted by Gasteiger charge is -2.22. The van der Waals surface area contributed by atoms with Gasteiger partial charge >= 0.3 is 0 Å². The van der Waals surface area contributed by atoms with Crippen LogP contribution in [0.1, 0.15) is 28.8 Å². The summed E-state index contributed by atoms with van der Waals surface area (Å²) in [4.78, 5) is 14.4. The molecular weight excluding hydrogens is 267 g/mol. The molecule has 0 spiro atoms. The Morgan fingerprint density at radius 1 is 1.19 bits per heavy atom. The van der Waals surface area contributed by atoms with Crippen molar-refractivity contribution in [1.82, 2.24) is 4.90 Å². The van der Waals surface area contributed by atoms with Crippen LogP contribution in [0.15, 0.2) is 48.5 Å². The molecule has 0 aliphatic heterocycles. The Morgan fingerprint density at radius 3 is 2.52 bits per heavy atom. The van der Waals surface area contributed by atoms with Gasteiger partial charge in [0, 0.05) is 23.8 Å². The van der Waals surface area contributed by atoms with Gasteiger partial charge in [-0.1, -0.05) is 12.1 Å². The third-order valence-electron chi connectivity index (χ3n) is 3.65. The third-order valence-corrected chi connectivity index (χ3v) is 3.65. The number of hydrogen-bond acceptors (Lipinski definition) is 2. The summed E-state index contributed by atoms with van der Waals surface area (Å²) in [6, 6.07) is 13.6. The maximum atomic E-state index is 13.3. The number of halogens is 1. The number of carbonyl (C=O) groups excluding carboxylic acids is 1. The van der Waals surface area contributed by atoms with Gasteiger partial charge in [0.15, 0.2) is 0 Å². The standard InChI is InChI=1S/C17H17FN2O/c18-14-3-1-2-12(10-14)11-20(16-8-9-16)17(21)13-4-6-15(19)7-5-13/h1-7,10,16H,8-9,11,19H2. The summed E-state index contributed by atoms with van der Waals surface area (Å²) in [6.45, 7) is 0.436. The van der Waals surface area contributed by atoms with Crippen LogP contribution in [-0.2, 0) is 6.54 Å². The molecule has 1 aliphatic carbocycles. The van der Waals surface area contributed by atoms with Gasteiger partial charge in [-0.2, -0.15) is 0 Å². The predicted octanol–water partition coefficient (Wildman–Crippen LogP) is 3.21. The SMILES string of the molecule is Nc1ccc(C(=O)N(Cc2cccc(F)c2)C2CC2)cc1. The Balaban J connectivity index is 1.81. The van der Waals surface area contributed by atoms with Crippen LogP contribution in [0.2, 0.25) is 0 Å². The minimum atomic E-state index is -0.275. The Hall–Kier alpha value is -2.36. The van der Waals surface area contributed by atoms with Crippen molar-refractivity contribution < 1.29 is 9.18 Å². The van der Waals surface area contributed by atoms with E-state index in [0.717, 1.165) is 18.4 Å². The molecule has 0 heterocycles. The molecule has 2 aromatic carbocycles. The van der Waals surface area contributed by atoms with Crippen LogP contribution in [0.3, 0.4) is 0 Å². The van der Waals surface area contributed by atoms with Gasteiger partial charge in [0.25, 0.3) is 5.91 Å². The summed E-state index contributed by atoms with van der Waals surface area (Å²) >= 11 is 0. The minimum Gasteiger partial charge on any atom is -0.399 e. The molecule has 1 amide bonds. The molecule has 4 heteroatoms. The Bertz CT molecular complexity index is 650. The van der Waals surface area contributed by atoms with E-state index in [1.807, 2.05) is 11.0 Å². The van der Waals surface area contributed by atoms with E-state index in [0.29, 0.717) is 17.8 Å². The lowest BCUT2D eigenvalue weighted by atomic mass is 10.1. The molecule has 0 radical (unpaired) electrons. The van der Waals surface area contributed by atoms with E-state index < -0.39 is 0 Å². The van der Waals surface area contributed by atoms with Crippen molar-refractivity contribution in [3.8, 4) is 0 Å². The average Bonchev–Trinajstić information content (AvgIpc) is 3.29. The van der Waals surface area contributed by atoms with Crippen molar-refractivity contribution in [1.29, 1.82) is 0 Å². The van der Waals surface area contributed by atoms with Crippen LogP contribution < -0.4 is 5.73 Å². The Kier molecular flexibility index (Phi) is 3.60. The first-order valence-corrected chi connectivity index (χ1v) is 7.04. The van der Waals surface area contributed by atoms with Crippen LogP contribution in [0, 0.1) is 5.82 Å². The first-order chi connectivity index (χ1) is 10.1. The molecule has 108 valence electrons. The average molecular weight is 284 g/mol. The van der Waals surface area contributed by atoms with Gasteiger partial charge in [0.05, 0.1) is 0 Å². The topological polar surface area (TPSA) is 46.3 Å². The summed E-state index contributed by atoms with van der Waals surface area (Å²) in [6.07, 6.45) is 2.02. The first kappa shape index (κ1) is 13.6. The molecule has 0 atom stereocenters. The van der Waals surface area contributed by atoms with Gasteiger partial charge in [-0.25, -0.2) is 4.39 Å². The summed E-state index contributed by atoms with van der Waals surface area (Å²) in [5.74, 6) is -0.301. The molecule has 3 nitrogen and oxygen atoms in total. The summed E-state index contributed by atoms with van der Waals surface area (Å²) in [5, 5.41) is 0. The molecular formula is C17H17FN2O. The van der Waals surface area contributed by atoms with Crippen LogP contribution in [0.5, 0.6) is 0 Å². The number of amides is 1. The van der Waals surface area contributed by atoms with E-state index in [1.165, 1.54) is 12.1 Å². The zero-order valence-corrected chi connectivity index (χ0v) is 11.6. The normalized spacial score (nSPS) is 14.0. The Morgan fingerprint density at radius 2 is 1.90 bits per heavy atom. The maximum Gasteiger partial charge on any atom is 0.254 e. The molecule has 2 aromatic rings. The molecule has 21 heavy (non-hydrogen) atoms. The fourth-order valence-electron chi connectivity index (χ4n) is 2.38. The minimum absolute atomic E-state index is 0.0261. The quantitative estimate of drug-likeness (QED) is 0.876. The lowest BCUT2D eigenvalue weighted by molar-refractivity contribution is 0.0730. The molecule has 0 aromatic heterocycles. The van der Waals surface area contributed by atoms with Crippen LogP contribution in [-0.4, -0.2) is 16.8 Å². The molecule has 1 aliphatic rings. The lowest BCUT2D eigenvalue weighted by Crippen LogP contribution is -2.32.